The summed E-state index contributed by atoms with van der Waals surface area (Å²) in [6, 6.07) is 9.59. The Balaban J connectivity index is 1.90. The standard InChI is InChI=1S/C14H14IN3OS/c1-9-7-10(2)17-14(16-9)20-8-13(19)18-12-5-3-11(15)4-6-12/h3-7H,8H2,1-2H3,(H,18,19). The molecule has 0 saturated carbocycles. The van der Waals surface area contributed by atoms with E-state index in [0.29, 0.717) is 10.9 Å². The van der Waals surface area contributed by atoms with Crippen molar-refractivity contribution in [2.24, 2.45) is 0 Å². The summed E-state index contributed by atoms with van der Waals surface area (Å²) < 4.78 is 1.14. The van der Waals surface area contributed by atoms with Crippen LogP contribution >= 0.6 is 34.4 Å². The lowest BCUT2D eigenvalue weighted by Crippen LogP contribution is -2.14. The molecule has 0 saturated heterocycles. The van der Waals surface area contributed by atoms with E-state index < -0.39 is 0 Å². The second-order valence-electron chi connectivity index (χ2n) is 4.28. The van der Waals surface area contributed by atoms with Crippen LogP contribution in [0.2, 0.25) is 0 Å². The topological polar surface area (TPSA) is 54.9 Å². The minimum atomic E-state index is -0.0565. The number of thioether (sulfide) groups is 1. The van der Waals surface area contributed by atoms with Gasteiger partial charge in [-0.2, -0.15) is 0 Å². The Labute approximate surface area is 135 Å². The molecule has 0 aliphatic heterocycles. The molecule has 1 aromatic heterocycles. The number of carbonyl (C=O) groups excluding carboxylic acids is 1. The highest BCUT2D eigenvalue weighted by atomic mass is 127. The van der Waals surface area contributed by atoms with E-state index in [4.69, 9.17) is 0 Å². The highest BCUT2D eigenvalue weighted by Crippen LogP contribution is 2.15. The number of benzene rings is 1. The minimum absolute atomic E-state index is 0.0565. The summed E-state index contributed by atoms with van der Waals surface area (Å²) in [5, 5.41) is 3.49. The zero-order valence-electron chi connectivity index (χ0n) is 11.2. The predicted octanol–water partition coefficient (Wildman–Crippen LogP) is 3.43. The summed E-state index contributed by atoms with van der Waals surface area (Å²) in [7, 11) is 0. The number of rotatable bonds is 4. The van der Waals surface area contributed by atoms with Gasteiger partial charge in [-0.25, -0.2) is 9.97 Å². The van der Waals surface area contributed by atoms with E-state index in [9.17, 15) is 4.79 Å². The summed E-state index contributed by atoms with van der Waals surface area (Å²) >= 11 is 3.57. The fraction of sp³-hybridized carbons (Fsp3) is 0.214. The van der Waals surface area contributed by atoms with Crippen LogP contribution in [0.5, 0.6) is 0 Å². The lowest BCUT2D eigenvalue weighted by Gasteiger charge is -2.05. The maximum absolute atomic E-state index is 11.9. The van der Waals surface area contributed by atoms with Crippen LogP contribution in [-0.4, -0.2) is 21.6 Å². The first kappa shape index (κ1) is 15.2. The number of anilines is 1. The molecule has 2 aromatic rings. The van der Waals surface area contributed by atoms with Gasteiger partial charge in [0.05, 0.1) is 5.75 Å². The van der Waals surface area contributed by atoms with Gasteiger partial charge in [0.25, 0.3) is 0 Å². The Bertz CT molecular complexity index is 596. The molecule has 0 aliphatic carbocycles. The average Bonchev–Trinajstić information content (AvgIpc) is 2.38. The van der Waals surface area contributed by atoms with Crippen LogP contribution in [0.4, 0.5) is 5.69 Å². The van der Waals surface area contributed by atoms with Gasteiger partial charge in [-0.3, -0.25) is 4.79 Å². The van der Waals surface area contributed by atoms with Crippen molar-refractivity contribution in [2.75, 3.05) is 11.1 Å². The monoisotopic (exact) mass is 399 g/mol. The Kier molecular flexibility index (Phi) is 5.36. The van der Waals surface area contributed by atoms with Crippen LogP contribution < -0.4 is 5.32 Å². The smallest absolute Gasteiger partial charge is 0.234 e. The zero-order chi connectivity index (χ0) is 14.5. The summed E-state index contributed by atoms with van der Waals surface area (Å²) in [5.41, 5.74) is 2.63. The quantitative estimate of drug-likeness (QED) is 0.486. The molecular weight excluding hydrogens is 385 g/mol. The molecule has 4 nitrogen and oxygen atoms in total. The van der Waals surface area contributed by atoms with Crippen LogP contribution in [0.3, 0.4) is 0 Å². The van der Waals surface area contributed by atoms with Crippen molar-refractivity contribution in [3.8, 4) is 0 Å². The second-order valence-corrected chi connectivity index (χ2v) is 6.47. The molecule has 6 heteroatoms. The third-order valence-corrected chi connectivity index (χ3v) is 3.99. The van der Waals surface area contributed by atoms with Gasteiger partial charge in [-0.05, 0) is 66.8 Å². The van der Waals surface area contributed by atoms with Crippen LogP contribution in [0.1, 0.15) is 11.4 Å². The van der Waals surface area contributed by atoms with Crippen LogP contribution in [0.25, 0.3) is 0 Å². The van der Waals surface area contributed by atoms with Gasteiger partial charge in [-0.15, -0.1) is 0 Å². The van der Waals surface area contributed by atoms with Crippen LogP contribution in [0, 0.1) is 17.4 Å². The number of hydrogen-bond donors (Lipinski definition) is 1. The lowest BCUT2D eigenvalue weighted by atomic mass is 10.3. The average molecular weight is 399 g/mol. The first-order valence-electron chi connectivity index (χ1n) is 6.03. The number of nitrogens with zero attached hydrogens (tertiary/aromatic N) is 2. The first-order chi connectivity index (χ1) is 9.52. The fourth-order valence-electron chi connectivity index (χ4n) is 1.62. The number of carbonyl (C=O) groups is 1. The SMILES string of the molecule is Cc1cc(C)nc(SCC(=O)Nc2ccc(I)cc2)n1. The van der Waals surface area contributed by atoms with Crippen molar-refractivity contribution >= 4 is 45.9 Å². The molecule has 0 bridgehead atoms. The molecule has 0 unspecified atom stereocenters. The highest BCUT2D eigenvalue weighted by molar-refractivity contribution is 14.1. The largest absolute Gasteiger partial charge is 0.325 e. The Morgan fingerprint density at radius 2 is 1.80 bits per heavy atom. The molecule has 0 atom stereocenters. The first-order valence-corrected chi connectivity index (χ1v) is 8.10. The number of amides is 1. The molecular formula is C14H14IN3OS. The molecule has 0 radical (unpaired) electrons. The van der Waals surface area contributed by atoms with Gasteiger partial charge in [0.1, 0.15) is 0 Å². The minimum Gasteiger partial charge on any atom is -0.325 e. The summed E-state index contributed by atoms with van der Waals surface area (Å²) in [6.45, 7) is 3.84. The Morgan fingerprint density at radius 3 is 2.40 bits per heavy atom. The maximum Gasteiger partial charge on any atom is 0.234 e. The molecule has 20 heavy (non-hydrogen) atoms. The fourth-order valence-corrected chi connectivity index (χ4v) is 2.73. The molecule has 2 rings (SSSR count). The van der Waals surface area contributed by atoms with Crippen molar-refractivity contribution in [3.05, 3.63) is 45.3 Å². The molecule has 1 amide bonds. The zero-order valence-corrected chi connectivity index (χ0v) is 14.2. The second kappa shape index (κ2) is 7.03. The van der Waals surface area contributed by atoms with Crippen molar-refractivity contribution in [2.45, 2.75) is 19.0 Å². The molecule has 0 spiro atoms. The third kappa shape index (κ3) is 4.75. The molecule has 0 fully saturated rings. The summed E-state index contributed by atoms with van der Waals surface area (Å²) in [4.78, 5) is 20.4. The van der Waals surface area contributed by atoms with E-state index in [1.54, 1.807) is 0 Å². The normalized spacial score (nSPS) is 10.3. The van der Waals surface area contributed by atoms with E-state index in [-0.39, 0.29) is 5.91 Å². The number of halogens is 1. The third-order valence-electron chi connectivity index (χ3n) is 2.42. The van der Waals surface area contributed by atoms with Crippen molar-refractivity contribution < 1.29 is 4.79 Å². The van der Waals surface area contributed by atoms with Crippen molar-refractivity contribution in [3.63, 3.8) is 0 Å². The van der Waals surface area contributed by atoms with Crippen LogP contribution in [0.15, 0.2) is 35.5 Å². The Morgan fingerprint density at radius 1 is 1.20 bits per heavy atom. The van der Waals surface area contributed by atoms with E-state index in [2.05, 4.69) is 37.9 Å². The molecule has 104 valence electrons. The van der Waals surface area contributed by atoms with E-state index in [1.165, 1.54) is 11.8 Å². The van der Waals surface area contributed by atoms with Crippen molar-refractivity contribution in [1.29, 1.82) is 0 Å². The predicted molar refractivity (Wildman–Crippen MR) is 90.0 cm³/mol. The number of nitrogens with one attached hydrogen (secondary N) is 1. The number of aryl methyl sites for hydroxylation is 2. The van der Waals surface area contributed by atoms with E-state index in [0.717, 1.165) is 20.6 Å². The number of aromatic nitrogens is 2. The summed E-state index contributed by atoms with van der Waals surface area (Å²) in [5.74, 6) is 0.244. The van der Waals surface area contributed by atoms with Crippen molar-refractivity contribution in [1.82, 2.24) is 9.97 Å². The van der Waals surface area contributed by atoms with Gasteiger partial charge < -0.3 is 5.32 Å². The van der Waals surface area contributed by atoms with E-state index >= 15 is 0 Å². The molecule has 1 heterocycles. The van der Waals surface area contributed by atoms with Gasteiger partial charge in [0.15, 0.2) is 5.16 Å². The van der Waals surface area contributed by atoms with Gasteiger partial charge >= 0.3 is 0 Å². The number of hydrogen-bond acceptors (Lipinski definition) is 4. The molecule has 1 aromatic carbocycles. The Hall–Kier alpha value is -1.15. The van der Waals surface area contributed by atoms with Gasteiger partial charge in [-0.1, -0.05) is 11.8 Å². The van der Waals surface area contributed by atoms with Crippen LogP contribution in [-0.2, 0) is 4.79 Å². The molecule has 1 N–H and O–H groups in total. The molecule has 0 aliphatic rings. The van der Waals surface area contributed by atoms with Gasteiger partial charge in [0.2, 0.25) is 5.91 Å². The van der Waals surface area contributed by atoms with E-state index in [1.807, 2.05) is 44.2 Å². The van der Waals surface area contributed by atoms with Gasteiger partial charge in [0, 0.05) is 20.6 Å². The summed E-state index contributed by atoms with van der Waals surface area (Å²) in [6.07, 6.45) is 0. The highest BCUT2D eigenvalue weighted by Gasteiger charge is 2.06. The lowest BCUT2D eigenvalue weighted by molar-refractivity contribution is -0.113. The maximum atomic E-state index is 11.9.